The Bertz CT molecular complexity index is 3070. The van der Waals surface area contributed by atoms with Crippen molar-refractivity contribution in [3.63, 3.8) is 0 Å². The minimum Gasteiger partial charge on any atom is -0.309 e. The number of para-hydroxylation sites is 1. The van der Waals surface area contributed by atoms with Crippen molar-refractivity contribution in [2.45, 2.75) is 0 Å². The molecule has 0 saturated heterocycles. The predicted molar refractivity (Wildman–Crippen MR) is 217 cm³/mol. The van der Waals surface area contributed by atoms with Crippen LogP contribution in [0.5, 0.6) is 0 Å². The number of rotatable bonds is 6. The Balaban J connectivity index is 1.11. The normalized spacial score (nSPS) is 12.9. The van der Waals surface area contributed by atoms with E-state index in [1.165, 1.54) is 27.1 Å². The van der Waals surface area contributed by atoms with Gasteiger partial charge >= 0.3 is 0 Å². The summed E-state index contributed by atoms with van der Waals surface area (Å²) in [6, 6.07) is 57.5. The van der Waals surface area contributed by atoms with Gasteiger partial charge in [0.1, 0.15) is 0 Å². The summed E-state index contributed by atoms with van der Waals surface area (Å²) in [4.78, 5) is 0. The van der Waals surface area contributed by atoms with E-state index < -0.39 is 6.04 Å². The second-order valence-electron chi connectivity index (χ2n) is 13.0. The largest absolute Gasteiger partial charge is 0.309 e. The molecule has 0 saturated carbocycles. The fraction of sp³-hybridized carbons (Fsp3) is 0. The fourth-order valence-corrected chi connectivity index (χ4v) is 7.56. The molecule has 0 N–H and O–H groups in total. The lowest BCUT2D eigenvalue weighted by atomic mass is 9.91. The van der Waals surface area contributed by atoms with Crippen molar-refractivity contribution in [3.05, 3.63) is 200 Å². The van der Waals surface area contributed by atoms with Crippen LogP contribution >= 0.6 is 0 Å². The van der Waals surface area contributed by atoms with Gasteiger partial charge < -0.3 is 4.57 Å². The van der Waals surface area contributed by atoms with Gasteiger partial charge in [0.25, 0.3) is 0 Å². The maximum atomic E-state index is 8.79. The molecule has 10 aromatic rings. The summed E-state index contributed by atoms with van der Waals surface area (Å²) < 4.78 is 44.9. The van der Waals surface area contributed by atoms with E-state index in [-0.39, 0.29) is 29.7 Å². The lowest BCUT2D eigenvalue weighted by Crippen LogP contribution is -1.93. The third-order valence-electron chi connectivity index (χ3n) is 10.0. The van der Waals surface area contributed by atoms with Gasteiger partial charge in [0.15, 0.2) is 0 Å². The molecule has 0 atom stereocenters. The van der Waals surface area contributed by atoms with Crippen molar-refractivity contribution in [3.8, 4) is 61.3 Å². The van der Waals surface area contributed by atoms with Gasteiger partial charge in [0.2, 0.25) is 0 Å². The van der Waals surface area contributed by atoms with Crippen molar-refractivity contribution in [1.29, 1.82) is 0 Å². The van der Waals surface area contributed by atoms with E-state index in [9.17, 15) is 0 Å². The standard InChI is InChI=1S/C50H33N/c1-4-11-34(12-5-1)36-19-21-37(22-20-36)43-30-42(35-13-6-2-7-14-35)31-44(32-43)38-23-25-39(26-24-38)45-29-41-28-27-40-15-10-18-47-49(40)50(41)48(33-45)51(47)46-16-8-3-9-17-46/h1-33H/i2D,6D,7D,13D,14D. The van der Waals surface area contributed by atoms with Gasteiger partial charge in [-0.25, -0.2) is 0 Å². The van der Waals surface area contributed by atoms with E-state index in [1.54, 1.807) is 0 Å². The Hall–Kier alpha value is -6.70. The second-order valence-corrected chi connectivity index (χ2v) is 13.0. The van der Waals surface area contributed by atoms with E-state index >= 15 is 0 Å². The molecule has 1 nitrogen and oxygen atoms in total. The Morgan fingerprint density at radius 2 is 0.804 bits per heavy atom. The predicted octanol–water partition coefficient (Wildman–Crippen LogP) is 13.7. The smallest absolute Gasteiger partial charge is 0.0629 e. The molecule has 238 valence electrons. The molecule has 0 amide bonds. The SMILES string of the molecule is [2H]c1c([2H])c([2H])c(-c2cc(-c3ccc(-c4ccccc4)cc3)cc(-c3ccc(-c4cc5ccc6cccc7c6c5c(c4)n7-c4ccccc4)cc3)c2)c([2H])c1[2H]. The van der Waals surface area contributed by atoms with Crippen LogP contribution in [0.25, 0.3) is 93.9 Å². The third kappa shape index (κ3) is 5.10. The molecule has 0 spiro atoms. The summed E-state index contributed by atoms with van der Waals surface area (Å²) in [5, 5.41) is 4.95. The van der Waals surface area contributed by atoms with E-state index in [0.29, 0.717) is 5.56 Å². The molecule has 0 aliphatic heterocycles. The fourth-order valence-electron chi connectivity index (χ4n) is 7.56. The van der Waals surface area contributed by atoms with Crippen LogP contribution in [0.2, 0.25) is 0 Å². The van der Waals surface area contributed by atoms with Crippen molar-refractivity contribution in [1.82, 2.24) is 4.57 Å². The highest BCUT2D eigenvalue weighted by atomic mass is 15.0. The highest BCUT2D eigenvalue weighted by molar-refractivity contribution is 6.25. The van der Waals surface area contributed by atoms with Crippen LogP contribution in [-0.2, 0) is 0 Å². The van der Waals surface area contributed by atoms with Gasteiger partial charge in [-0.15, -0.1) is 0 Å². The first-order valence-corrected chi connectivity index (χ1v) is 17.2. The molecule has 0 unspecified atom stereocenters. The maximum absolute atomic E-state index is 8.79. The van der Waals surface area contributed by atoms with Crippen molar-refractivity contribution in [2.75, 3.05) is 0 Å². The highest BCUT2D eigenvalue weighted by Gasteiger charge is 2.18. The Morgan fingerprint density at radius 3 is 1.43 bits per heavy atom. The Labute approximate surface area is 304 Å². The van der Waals surface area contributed by atoms with Crippen LogP contribution in [0.3, 0.4) is 0 Å². The molecule has 1 heteroatoms. The van der Waals surface area contributed by atoms with Gasteiger partial charge in [-0.3, -0.25) is 0 Å². The third-order valence-corrected chi connectivity index (χ3v) is 10.0. The highest BCUT2D eigenvalue weighted by Crippen LogP contribution is 2.41. The molecule has 0 aliphatic rings. The zero-order valence-corrected chi connectivity index (χ0v) is 27.6. The molecular weight excluding hydrogens is 615 g/mol. The lowest BCUT2D eigenvalue weighted by molar-refractivity contribution is 1.18. The number of hydrogen-bond donors (Lipinski definition) is 0. The van der Waals surface area contributed by atoms with E-state index in [1.807, 2.05) is 36.4 Å². The van der Waals surface area contributed by atoms with Gasteiger partial charge in [0.05, 0.1) is 17.9 Å². The summed E-state index contributed by atoms with van der Waals surface area (Å²) in [6.45, 7) is 0. The van der Waals surface area contributed by atoms with E-state index in [2.05, 4.69) is 138 Å². The van der Waals surface area contributed by atoms with Crippen LogP contribution in [-0.4, -0.2) is 4.57 Å². The van der Waals surface area contributed by atoms with Crippen LogP contribution in [0.1, 0.15) is 6.85 Å². The molecule has 51 heavy (non-hydrogen) atoms. The average Bonchev–Trinajstić information content (AvgIpc) is 3.60. The molecule has 0 fully saturated rings. The molecule has 0 radical (unpaired) electrons. The molecule has 1 aromatic heterocycles. The van der Waals surface area contributed by atoms with Gasteiger partial charge in [-0.05, 0) is 115 Å². The molecular formula is C50H33N. The van der Waals surface area contributed by atoms with Crippen molar-refractivity contribution < 1.29 is 6.85 Å². The first-order chi connectivity index (χ1) is 27.3. The van der Waals surface area contributed by atoms with Gasteiger partial charge in [0, 0.05) is 16.5 Å². The maximum Gasteiger partial charge on any atom is 0.0629 e. The van der Waals surface area contributed by atoms with Crippen LogP contribution < -0.4 is 0 Å². The minimum absolute atomic E-state index is 0.184. The van der Waals surface area contributed by atoms with E-state index in [0.717, 1.165) is 55.7 Å². The van der Waals surface area contributed by atoms with Crippen LogP contribution in [0, 0.1) is 0 Å². The number of aromatic nitrogens is 1. The van der Waals surface area contributed by atoms with Crippen LogP contribution in [0.4, 0.5) is 0 Å². The molecule has 0 aliphatic carbocycles. The summed E-state index contributed by atoms with van der Waals surface area (Å²) in [5.41, 5.74) is 12.3. The monoisotopic (exact) mass is 652 g/mol. The molecule has 1 heterocycles. The van der Waals surface area contributed by atoms with E-state index in [4.69, 9.17) is 6.85 Å². The lowest BCUT2D eigenvalue weighted by Gasteiger charge is -2.13. The Morgan fingerprint density at radius 1 is 0.314 bits per heavy atom. The van der Waals surface area contributed by atoms with Crippen LogP contribution in [0.15, 0.2) is 200 Å². The summed E-state index contributed by atoms with van der Waals surface area (Å²) in [5.74, 6) is 0. The topological polar surface area (TPSA) is 4.93 Å². The molecule has 9 aromatic carbocycles. The zero-order chi connectivity index (χ0) is 38.1. The minimum atomic E-state index is -0.403. The van der Waals surface area contributed by atoms with Gasteiger partial charge in [-0.2, -0.15) is 0 Å². The number of hydrogen-bond acceptors (Lipinski definition) is 0. The average molecular weight is 653 g/mol. The summed E-state index contributed by atoms with van der Waals surface area (Å²) >= 11 is 0. The Kier molecular flexibility index (Phi) is 5.76. The zero-order valence-electron chi connectivity index (χ0n) is 32.6. The first kappa shape index (κ1) is 24.4. The number of benzene rings is 9. The first-order valence-electron chi connectivity index (χ1n) is 19.7. The molecule has 10 rings (SSSR count). The number of nitrogens with zero attached hydrogens (tertiary/aromatic N) is 1. The van der Waals surface area contributed by atoms with Crippen molar-refractivity contribution >= 4 is 32.6 Å². The van der Waals surface area contributed by atoms with Crippen molar-refractivity contribution in [2.24, 2.45) is 0 Å². The molecule has 0 bridgehead atoms. The summed E-state index contributed by atoms with van der Waals surface area (Å²) in [7, 11) is 0. The quantitative estimate of drug-likeness (QED) is 0.158. The summed E-state index contributed by atoms with van der Waals surface area (Å²) in [6.07, 6.45) is 0. The second kappa shape index (κ2) is 12.0. The van der Waals surface area contributed by atoms with Gasteiger partial charge in [-0.1, -0.05) is 152 Å².